The van der Waals surface area contributed by atoms with Crippen molar-refractivity contribution in [2.24, 2.45) is 5.73 Å². The summed E-state index contributed by atoms with van der Waals surface area (Å²) in [5.74, 6) is 0.582. The minimum atomic E-state index is -0.278. The Bertz CT molecular complexity index is 796. The lowest BCUT2D eigenvalue weighted by molar-refractivity contribution is 0.628. The van der Waals surface area contributed by atoms with E-state index >= 15 is 0 Å². The summed E-state index contributed by atoms with van der Waals surface area (Å²) in [6.07, 6.45) is 0.876. The van der Waals surface area contributed by atoms with Crippen LogP contribution in [0.3, 0.4) is 0 Å². The third-order valence-electron chi connectivity index (χ3n) is 3.36. The molecule has 0 saturated heterocycles. The highest BCUT2D eigenvalue weighted by molar-refractivity contribution is 5.65. The molecule has 0 fully saturated rings. The summed E-state index contributed by atoms with van der Waals surface area (Å²) in [5.41, 5.74) is 8.57. The minimum absolute atomic E-state index is 0.278. The Kier molecular flexibility index (Phi) is 4.02. The van der Waals surface area contributed by atoms with Gasteiger partial charge in [-0.1, -0.05) is 12.1 Å². The van der Waals surface area contributed by atoms with Gasteiger partial charge in [-0.15, -0.1) is 0 Å². The molecule has 22 heavy (non-hydrogen) atoms. The van der Waals surface area contributed by atoms with E-state index in [-0.39, 0.29) is 5.82 Å². The first kappa shape index (κ1) is 14.5. The lowest BCUT2D eigenvalue weighted by atomic mass is 10.1. The zero-order valence-corrected chi connectivity index (χ0v) is 12.4. The quantitative estimate of drug-likeness (QED) is 0.711. The molecule has 3 N–H and O–H groups in total. The molecule has 0 aliphatic heterocycles. The summed E-state index contributed by atoms with van der Waals surface area (Å²) in [6, 6.07) is 10.2. The van der Waals surface area contributed by atoms with Gasteiger partial charge < -0.3 is 11.1 Å². The Labute approximate surface area is 128 Å². The van der Waals surface area contributed by atoms with Crippen LogP contribution < -0.4 is 11.1 Å². The van der Waals surface area contributed by atoms with Crippen molar-refractivity contribution in [1.82, 2.24) is 14.6 Å². The van der Waals surface area contributed by atoms with Crippen LogP contribution in [0.15, 0.2) is 36.4 Å². The second-order valence-corrected chi connectivity index (χ2v) is 5.16. The highest BCUT2D eigenvalue weighted by atomic mass is 19.1. The molecule has 3 rings (SSSR count). The number of aromatic nitrogens is 3. The normalized spacial score (nSPS) is 11.0. The van der Waals surface area contributed by atoms with Crippen LogP contribution in [0, 0.1) is 12.7 Å². The summed E-state index contributed by atoms with van der Waals surface area (Å²) in [5, 5.41) is 7.85. The van der Waals surface area contributed by atoms with Gasteiger partial charge in [0.05, 0.1) is 5.69 Å². The van der Waals surface area contributed by atoms with Crippen LogP contribution in [0.2, 0.25) is 0 Å². The third kappa shape index (κ3) is 2.92. The fraction of sp³-hybridized carbons (Fsp3) is 0.250. The first-order valence-electron chi connectivity index (χ1n) is 7.24. The van der Waals surface area contributed by atoms with Gasteiger partial charge in [-0.2, -0.15) is 9.61 Å². The van der Waals surface area contributed by atoms with Crippen molar-refractivity contribution in [1.29, 1.82) is 0 Å². The molecule has 0 unspecified atom stereocenters. The molecular weight excluding hydrogens is 281 g/mol. The number of rotatable bonds is 5. The number of benzene rings is 1. The summed E-state index contributed by atoms with van der Waals surface area (Å²) in [4.78, 5) is 4.48. The van der Waals surface area contributed by atoms with Crippen LogP contribution in [0.5, 0.6) is 0 Å². The zero-order valence-electron chi connectivity index (χ0n) is 12.4. The van der Waals surface area contributed by atoms with Crippen molar-refractivity contribution in [3.05, 3.63) is 47.9 Å². The summed E-state index contributed by atoms with van der Waals surface area (Å²) < 4.78 is 15.1. The number of anilines is 1. The van der Waals surface area contributed by atoms with E-state index in [1.165, 1.54) is 12.1 Å². The van der Waals surface area contributed by atoms with Gasteiger partial charge in [0.1, 0.15) is 11.6 Å². The van der Waals surface area contributed by atoms with E-state index in [2.05, 4.69) is 15.4 Å². The molecule has 0 bridgehead atoms. The molecule has 0 spiro atoms. The van der Waals surface area contributed by atoms with Crippen LogP contribution in [0.1, 0.15) is 12.1 Å². The molecule has 0 radical (unpaired) electrons. The number of nitrogens with two attached hydrogens (primary N) is 1. The topological polar surface area (TPSA) is 68.2 Å². The average Bonchev–Trinajstić information content (AvgIpc) is 2.91. The lowest BCUT2D eigenvalue weighted by Crippen LogP contribution is -2.11. The number of nitrogens with zero attached hydrogens (tertiary/aromatic N) is 3. The van der Waals surface area contributed by atoms with Crippen LogP contribution in [-0.2, 0) is 0 Å². The van der Waals surface area contributed by atoms with Gasteiger partial charge in [0.15, 0.2) is 5.65 Å². The maximum Gasteiger partial charge on any atom is 0.158 e. The SMILES string of the molecule is Cc1cc(NCCCN)n2nc(-c3cccc(F)c3)cc2n1. The fourth-order valence-corrected chi connectivity index (χ4v) is 2.33. The van der Waals surface area contributed by atoms with E-state index in [0.717, 1.165) is 35.7 Å². The van der Waals surface area contributed by atoms with Gasteiger partial charge in [-0.05, 0) is 32.0 Å². The number of hydrogen-bond donors (Lipinski definition) is 2. The molecule has 2 aromatic heterocycles. The number of aryl methyl sites for hydroxylation is 1. The number of hydrogen-bond acceptors (Lipinski definition) is 4. The molecule has 2 heterocycles. The number of halogens is 1. The highest BCUT2D eigenvalue weighted by Gasteiger charge is 2.10. The molecule has 0 aliphatic carbocycles. The van der Waals surface area contributed by atoms with Crippen LogP contribution in [0.25, 0.3) is 16.9 Å². The van der Waals surface area contributed by atoms with Gasteiger partial charge in [0.25, 0.3) is 0 Å². The molecule has 3 aromatic rings. The van der Waals surface area contributed by atoms with E-state index in [9.17, 15) is 4.39 Å². The summed E-state index contributed by atoms with van der Waals surface area (Å²) >= 11 is 0. The van der Waals surface area contributed by atoms with E-state index in [1.54, 1.807) is 10.6 Å². The first-order valence-corrected chi connectivity index (χ1v) is 7.24. The van der Waals surface area contributed by atoms with E-state index < -0.39 is 0 Å². The summed E-state index contributed by atoms with van der Waals surface area (Å²) in [6.45, 7) is 3.33. The molecule has 5 nitrogen and oxygen atoms in total. The van der Waals surface area contributed by atoms with Gasteiger partial charge in [0, 0.05) is 29.9 Å². The van der Waals surface area contributed by atoms with Crippen molar-refractivity contribution in [2.75, 3.05) is 18.4 Å². The predicted molar refractivity (Wildman–Crippen MR) is 85.3 cm³/mol. The lowest BCUT2D eigenvalue weighted by Gasteiger charge is -2.08. The maximum atomic E-state index is 13.4. The Morgan fingerprint density at radius 3 is 2.91 bits per heavy atom. The largest absolute Gasteiger partial charge is 0.370 e. The van der Waals surface area contributed by atoms with E-state index in [4.69, 9.17) is 5.73 Å². The van der Waals surface area contributed by atoms with E-state index in [0.29, 0.717) is 12.2 Å². The molecule has 114 valence electrons. The van der Waals surface area contributed by atoms with Crippen molar-refractivity contribution in [3.8, 4) is 11.3 Å². The minimum Gasteiger partial charge on any atom is -0.370 e. The van der Waals surface area contributed by atoms with Crippen molar-refractivity contribution in [2.45, 2.75) is 13.3 Å². The standard InChI is InChI=1S/C16H18FN5/c1-11-8-15(19-7-3-6-18)22-16(20-11)10-14(21-22)12-4-2-5-13(17)9-12/h2,4-5,8-10,19H,3,6-7,18H2,1H3. The Morgan fingerprint density at radius 2 is 2.14 bits per heavy atom. The fourth-order valence-electron chi connectivity index (χ4n) is 2.33. The first-order chi connectivity index (χ1) is 10.7. The second kappa shape index (κ2) is 6.11. The van der Waals surface area contributed by atoms with Gasteiger partial charge in [-0.3, -0.25) is 0 Å². The van der Waals surface area contributed by atoms with Crippen LogP contribution in [0.4, 0.5) is 10.2 Å². The van der Waals surface area contributed by atoms with Crippen molar-refractivity contribution < 1.29 is 4.39 Å². The molecule has 0 atom stereocenters. The van der Waals surface area contributed by atoms with Gasteiger partial charge >= 0.3 is 0 Å². The monoisotopic (exact) mass is 299 g/mol. The van der Waals surface area contributed by atoms with Gasteiger partial charge in [-0.25, -0.2) is 9.37 Å². The van der Waals surface area contributed by atoms with Crippen molar-refractivity contribution in [3.63, 3.8) is 0 Å². The third-order valence-corrected chi connectivity index (χ3v) is 3.36. The molecule has 0 amide bonds. The number of fused-ring (bicyclic) bond motifs is 1. The number of nitrogens with one attached hydrogen (secondary N) is 1. The second-order valence-electron chi connectivity index (χ2n) is 5.16. The van der Waals surface area contributed by atoms with Crippen LogP contribution >= 0.6 is 0 Å². The average molecular weight is 299 g/mol. The Balaban J connectivity index is 2.03. The van der Waals surface area contributed by atoms with Crippen molar-refractivity contribution >= 4 is 11.5 Å². The molecule has 0 aliphatic rings. The smallest absolute Gasteiger partial charge is 0.158 e. The summed E-state index contributed by atoms with van der Waals surface area (Å²) in [7, 11) is 0. The Morgan fingerprint density at radius 1 is 1.27 bits per heavy atom. The molecule has 6 heteroatoms. The maximum absolute atomic E-state index is 13.4. The van der Waals surface area contributed by atoms with E-state index in [1.807, 2.05) is 25.1 Å². The Hall–Kier alpha value is -2.47. The molecular formula is C16H18FN5. The van der Waals surface area contributed by atoms with Crippen LogP contribution in [-0.4, -0.2) is 27.7 Å². The zero-order chi connectivity index (χ0) is 15.5. The molecule has 1 aromatic carbocycles. The molecule has 0 saturated carbocycles. The van der Waals surface area contributed by atoms with Gasteiger partial charge in [0.2, 0.25) is 0 Å². The predicted octanol–water partition coefficient (Wildman–Crippen LogP) is 2.60. The highest BCUT2D eigenvalue weighted by Crippen LogP contribution is 2.22.